The van der Waals surface area contributed by atoms with E-state index in [2.05, 4.69) is 32.6 Å². The Bertz CT molecular complexity index is 149. The summed E-state index contributed by atoms with van der Waals surface area (Å²) >= 11 is 0. The van der Waals surface area contributed by atoms with Crippen molar-refractivity contribution in [1.29, 1.82) is 0 Å². The zero-order valence-electron chi connectivity index (χ0n) is 12.5. The SMILES string of the molecule is CCCCN(CCCC)CC(CN)CC(C)C. The molecule has 0 bridgehead atoms. The van der Waals surface area contributed by atoms with Crippen molar-refractivity contribution < 1.29 is 0 Å². The first-order valence-electron chi connectivity index (χ1n) is 7.56. The third-order valence-corrected chi connectivity index (χ3v) is 3.31. The lowest BCUT2D eigenvalue weighted by Crippen LogP contribution is -2.35. The fraction of sp³-hybridized carbons (Fsp3) is 1.00. The molecule has 0 rings (SSSR count). The van der Waals surface area contributed by atoms with Gasteiger partial charge in [0.25, 0.3) is 0 Å². The van der Waals surface area contributed by atoms with Crippen LogP contribution in [0.2, 0.25) is 0 Å². The minimum atomic E-state index is 0.684. The summed E-state index contributed by atoms with van der Waals surface area (Å²) in [6, 6.07) is 0. The first-order valence-corrected chi connectivity index (χ1v) is 7.56. The monoisotopic (exact) mass is 242 g/mol. The number of nitrogens with zero attached hydrogens (tertiary/aromatic N) is 1. The van der Waals surface area contributed by atoms with Gasteiger partial charge in [-0.15, -0.1) is 0 Å². The van der Waals surface area contributed by atoms with Crippen LogP contribution in [0.25, 0.3) is 0 Å². The van der Waals surface area contributed by atoms with Gasteiger partial charge in [-0.1, -0.05) is 40.5 Å². The molecule has 0 aliphatic heterocycles. The van der Waals surface area contributed by atoms with E-state index in [0.29, 0.717) is 5.92 Å². The van der Waals surface area contributed by atoms with Crippen LogP contribution in [-0.2, 0) is 0 Å². The molecule has 0 spiro atoms. The first-order chi connectivity index (χ1) is 8.13. The standard InChI is InChI=1S/C15H34N2/c1-5-7-9-17(10-8-6-2)13-15(12-16)11-14(3)4/h14-15H,5-13,16H2,1-4H3. The summed E-state index contributed by atoms with van der Waals surface area (Å²) < 4.78 is 0. The Hall–Kier alpha value is -0.0800. The normalized spacial score (nSPS) is 13.6. The largest absolute Gasteiger partial charge is 0.330 e. The quantitative estimate of drug-likeness (QED) is 0.601. The summed E-state index contributed by atoms with van der Waals surface area (Å²) in [6.07, 6.45) is 6.50. The number of hydrogen-bond acceptors (Lipinski definition) is 2. The van der Waals surface area contributed by atoms with Gasteiger partial charge < -0.3 is 10.6 Å². The summed E-state index contributed by atoms with van der Waals surface area (Å²) in [6.45, 7) is 13.7. The molecule has 2 nitrogen and oxygen atoms in total. The van der Waals surface area contributed by atoms with Gasteiger partial charge in [0.2, 0.25) is 0 Å². The Morgan fingerprint density at radius 3 is 1.88 bits per heavy atom. The van der Waals surface area contributed by atoms with E-state index in [1.165, 1.54) is 51.7 Å². The fourth-order valence-corrected chi connectivity index (χ4v) is 2.33. The van der Waals surface area contributed by atoms with E-state index >= 15 is 0 Å². The zero-order valence-corrected chi connectivity index (χ0v) is 12.5. The van der Waals surface area contributed by atoms with Gasteiger partial charge in [0, 0.05) is 6.54 Å². The van der Waals surface area contributed by atoms with Crippen LogP contribution in [0.15, 0.2) is 0 Å². The molecule has 0 radical (unpaired) electrons. The minimum Gasteiger partial charge on any atom is -0.330 e. The van der Waals surface area contributed by atoms with Gasteiger partial charge in [0.1, 0.15) is 0 Å². The molecule has 0 fully saturated rings. The molecule has 2 heteroatoms. The van der Waals surface area contributed by atoms with Gasteiger partial charge in [-0.3, -0.25) is 0 Å². The van der Waals surface area contributed by atoms with Crippen molar-refractivity contribution in [3.05, 3.63) is 0 Å². The number of unbranched alkanes of at least 4 members (excludes halogenated alkanes) is 2. The van der Waals surface area contributed by atoms with E-state index in [1.807, 2.05) is 0 Å². The summed E-state index contributed by atoms with van der Waals surface area (Å²) in [5.41, 5.74) is 5.90. The lowest BCUT2D eigenvalue weighted by molar-refractivity contribution is 0.211. The van der Waals surface area contributed by atoms with E-state index in [0.717, 1.165) is 12.5 Å². The molecule has 0 saturated heterocycles. The maximum Gasteiger partial charge on any atom is 0.00218 e. The van der Waals surface area contributed by atoms with Gasteiger partial charge in [0.05, 0.1) is 0 Å². The molecular formula is C15H34N2. The topological polar surface area (TPSA) is 29.3 Å². The van der Waals surface area contributed by atoms with Gasteiger partial charge in [0.15, 0.2) is 0 Å². The van der Waals surface area contributed by atoms with Crippen LogP contribution in [0.4, 0.5) is 0 Å². The van der Waals surface area contributed by atoms with Gasteiger partial charge in [-0.2, -0.15) is 0 Å². The first kappa shape index (κ1) is 16.9. The highest BCUT2D eigenvalue weighted by atomic mass is 15.1. The maximum atomic E-state index is 5.90. The summed E-state index contributed by atoms with van der Waals surface area (Å²) in [5.74, 6) is 1.45. The van der Waals surface area contributed by atoms with Crippen molar-refractivity contribution in [1.82, 2.24) is 4.90 Å². The van der Waals surface area contributed by atoms with E-state index in [-0.39, 0.29) is 0 Å². The van der Waals surface area contributed by atoms with Crippen molar-refractivity contribution >= 4 is 0 Å². The average molecular weight is 242 g/mol. The zero-order chi connectivity index (χ0) is 13.1. The van der Waals surface area contributed by atoms with Gasteiger partial charge in [-0.25, -0.2) is 0 Å². The average Bonchev–Trinajstić information content (AvgIpc) is 2.30. The second-order valence-corrected chi connectivity index (χ2v) is 5.74. The highest BCUT2D eigenvalue weighted by molar-refractivity contribution is 4.68. The van der Waals surface area contributed by atoms with Crippen molar-refractivity contribution in [2.24, 2.45) is 17.6 Å². The molecule has 1 atom stereocenters. The molecule has 1 unspecified atom stereocenters. The molecule has 0 aliphatic rings. The summed E-state index contributed by atoms with van der Waals surface area (Å²) in [5, 5.41) is 0. The van der Waals surface area contributed by atoms with Gasteiger partial charge >= 0.3 is 0 Å². The van der Waals surface area contributed by atoms with Crippen LogP contribution in [0, 0.1) is 11.8 Å². The number of rotatable bonds is 11. The smallest absolute Gasteiger partial charge is 0.00218 e. The van der Waals surface area contributed by atoms with E-state index < -0.39 is 0 Å². The number of nitrogens with two attached hydrogens (primary N) is 1. The minimum absolute atomic E-state index is 0.684. The molecule has 0 amide bonds. The Labute approximate surface area is 109 Å². The Morgan fingerprint density at radius 1 is 1.00 bits per heavy atom. The third-order valence-electron chi connectivity index (χ3n) is 3.31. The number of hydrogen-bond donors (Lipinski definition) is 1. The predicted octanol–water partition coefficient (Wildman–Crippen LogP) is 3.51. The Balaban J connectivity index is 4.06. The Morgan fingerprint density at radius 2 is 1.53 bits per heavy atom. The van der Waals surface area contributed by atoms with Crippen LogP contribution in [0.3, 0.4) is 0 Å². The molecule has 104 valence electrons. The third kappa shape index (κ3) is 9.61. The second kappa shape index (κ2) is 11.0. The molecule has 0 saturated carbocycles. The van der Waals surface area contributed by atoms with Crippen LogP contribution < -0.4 is 5.73 Å². The fourth-order valence-electron chi connectivity index (χ4n) is 2.33. The van der Waals surface area contributed by atoms with Crippen molar-refractivity contribution in [3.8, 4) is 0 Å². The van der Waals surface area contributed by atoms with Crippen LogP contribution in [0.1, 0.15) is 59.8 Å². The van der Waals surface area contributed by atoms with Gasteiger partial charge in [-0.05, 0) is 50.7 Å². The molecule has 0 heterocycles. The van der Waals surface area contributed by atoms with Crippen LogP contribution in [-0.4, -0.2) is 31.1 Å². The molecule has 0 aromatic heterocycles. The summed E-state index contributed by atoms with van der Waals surface area (Å²) in [7, 11) is 0. The lowest BCUT2D eigenvalue weighted by atomic mass is 9.96. The summed E-state index contributed by atoms with van der Waals surface area (Å²) in [4.78, 5) is 2.63. The van der Waals surface area contributed by atoms with Crippen LogP contribution >= 0.6 is 0 Å². The highest BCUT2D eigenvalue weighted by Gasteiger charge is 2.13. The van der Waals surface area contributed by atoms with Crippen molar-refractivity contribution in [2.45, 2.75) is 59.8 Å². The van der Waals surface area contributed by atoms with Crippen molar-refractivity contribution in [3.63, 3.8) is 0 Å². The predicted molar refractivity (Wildman–Crippen MR) is 78.3 cm³/mol. The molecule has 0 aromatic rings. The van der Waals surface area contributed by atoms with E-state index in [1.54, 1.807) is 0 Å². The van der Waals surface area contributed by atoms with Crippen molar-refractivity contribution in [2.75, 3.05) is 26.2 Å². The molecule has 0 aromatic carbocycles. The maximum absolute atomic E-state index is 5.90. The van der Waals surface area contributed by atoms with E-state index in [9.17, 15) is 0 Å². The van der Waals surface area contributed by atoms with Crippen LogP contribution in [0.5, 0.6) is 0 Å². The van der Waals surface area contributed by atoms with E-state index in [4.69, 9.17) is 5.73 Å². The second-order valence-electron chi connectivity index (χ2n) is 5.74. The molecule has 17 heavy (non-hydrogen) atoms. The molecule has 0 aliphatic carbocycles. The Kier molecular flexibility index (Phi) is 11.0. The lowest BCUT2D eigenvalue weighted by Gasteiger charge is -2.27. The molecule has 2 N–H and O–H groups in total. The molecular weight excluding hydrogens is 208 g/mol. The highest BCUT2D eigenvalue weighted by Crippen LogP contribution is 2.13.